The van der Waals surface area contributed by atoms with Crippen LogP contribution >= 0.6 is 0 Å². The zero-order chi connectivity index (χ0) is 14.7. The van der Waals surface area contributed by atoms with Gasteiger partial charge >= 0.3 is 0 Å². The molecule has 1 fully saturated rings. The van der Waals surface area contributed by atoms with Gasteiger partial charge in [0.2, 0.25) is 17.8 Å². The van der Waals surface area contributed by atoms with Gasteiger partial charge in [-0.2, -0.15) is 15.0 Å². The summed E-state index contributed by atoms with van der Waals surface area (Å²) in [5.74, 6) is 1.60. The Balaban J connectivity index is 1.71. The number of aromatic nitrogens is 5. The van der Waals surface area contributed by atoms with E-state index in [0.29, 0.717) is 23.9 Å². The van der Waals surface area contributed by atoms with Crippen molar-refractivity contribution in [1.82, 2.24) is 24.5 Å². The fourth-order valence-corrected chi connectivity index (χ4v) is 2.55. The summed E-state index contributed by atoms with van der Waals surface area (Å²) in [6, 6.07) is 0. The second kappa shape index (κ2) is 6.04. The van der Waals surface area contributed by atoms with Crippen LogP contribution in [0.1, 0.15) is 19.8 Å². The lowest BCUT2D eigenvalue weighted by molar-refractivity contribution is 0.0900. The van der Waals surface area contributed by atoms with Crippen molar-refractivity contribution < 1.29 is 4.74 Å². The van der Waals surface area contributed by atoms with Gasteiger partial charge in [-0.25, -0.2) is 4.98 Å². The highest BCUT2D eigenvalue weighted by molar-refractivity contribution is 5.35. The SMILES string of the molecule is CCC1OCCC1CNc1nc(N)nc(-n2ccnc2)n1. The van der Waals surface area contributed by atoms with E-state index in [0.717, 1.165) is 26.0 Å². The van der Waals surface area contributed by atoms with Gasteiger partial charge < -0.3 is 15.8 Å². The van der Waals surface area contributed by atoms with Gasteiger partial charge in [0.25, 0.3) is 0 Å². The smallest absolute Gasteiger partial charge is 0.241 e. The lowest BCUT2D eigenvalue weighted by atomic mass is 10.00. The van der Waals surface area contributed by atoms with Crippen LogP contribution in [-0.2, 0) is 4.74 Å². The van der Waals surface area contributed by atoms with Gasteiger partial charge in [0, 0.05) is 31.5 Å². The molecule has 0 aromatic carbocycles. The Morgan fingerprint density at radius 2 is 2.33 bits per heavy atom. The Hall–Kier alpha value is -2.22. The predicted molar refractivity (Wildman–Crippen MR) is 78.0 cm³/mol. The molecular formula is C13H19N7O. The minimum atomic E-state index is 0.186. The summed E-state index contributed by atoms with van der Waals surface area (Å²) in [6.07, 6.45) is 7.43. The molecule has 2 aromatic rings. The van der Waals surface area contributed by atoms with Crippen molar-refractivity contribution in [1.29, 1.82) is 0 Å². The van der Waals surface area contributed by atoms with Crippen LogP contribution in [0.15, 0.2) is 18.7 Å². The molecule has 2 aromatic heterocycles. The van der Waals surface area contributed by atoms with E-state index in [1.807, 2.05) is 0 Å². The highest BCUT2D eigenvalue weighted by Crippen LogP contribution is 2.23. The highest BCUT2D eigenvalue weighted by atomic mass is 16.5. The van der Waals surface area contributed by atoms with Crippen LogP contribution in [0.2, 0.25) is 0 Å². The Morgan fingerprint density at radius 1 is 1.43 bits per heavy atom. The Kier molecular flexibility index (Phi) is 3.96. The molecule has 0 radical (unpaired) electrons. The molecule has 8 heteroatoms. The minimum absolute atomic E-state index is 0.186. The van der Waals surface area contributed by atoms with Gasteiger partial charge in [0.1, 0.15) is 6.33 Å². The number of hydrogen-bond donors (Lipinski definition) is 2. The monoisotopic (exact) mass is 289 g/mol. The van der Waals surface area contributed by atoms with Crippen molar-refractivity contribution in [2.24, 2.45) is 5.92 Å². The topological polar surface area (TPSA) is 104 Å². The summed E-state index contributed by atoms with van der Waals surface area (Å²) in [5.41, 5.74) is 5.74. The average Bonchev–Trinajstić information content (AvgIpc) is 3.15. The number of nitrogen functional groups attached to an aromatic ring is 1. The van der Waals surface area contributed by atoms with E-state index in [2.05, 4.69) is 32.2 Å². The summed E-state index contributed by atoms with van der Waals surface area (Å²) >= 11 is 0. The maximum atomic E-state index is 5.74. The lowest BCUT2D eigenvalue weighted by Crippen LogP contribution is -2.24. The summed E-state index contributed by atoms with van der Waals surface area (Å²) in [5, 5.41) is 3.24. The zero-order valence-corrected chi connectivity index (χ0v) is 11.9. The molecule has 3 rings (SSSR count). The lowest BCUT2D eigenvalue weighted by Gasteiger charge is -2.17. The number of nitrogens with zero attached hydrogens (tertiary/aromatic N) is 5. The molecule has 0 saturated carbocycles. The first-order valence-corrected chi connectivity index (χ1v) is 7.11. The summed E-state index contributed by atoms with van der Waals surface area (Å²) < 4.78 is 7.37. The molecule has 2 unspecified atom stereocenters. The van der Waals surface area contributed by atoms with E-state index >= 15 is 0 Å². The number of hydrogen-bond acceptors (Lipinski definition) is 7. The number of rotatable bonds is 5. The molecule has 0 aliphatic carbocycles. The third-order valence-corrected chi connectivity index (χ3v) is 3.65. The molecule has 3 N–H and O–H groups in total. The number of nitrogens with one attached hydrogen (secondary N) is 1. The summed E-state index contributed by atoms with van der Waals surface area (Å²) in [6.45, 7) is 3.73. The zero-order valence-electron chi connectivity index (χ0n) is 11.9. The fourth-order valence-electron chi connectivity index (χ4n) is 2.55. The van der Waals surface area contributed by atoms with E-state index in [-0.39, 0.29) is 5.95 Å². The summed E-state index contributed by atoms with van der Waals surface area (Å²) in [4.78, 5) is 16.6. The number of nitrogens with two attached hydrogens (primary N) is 1. The van der Waals surface area contributed by atoms with Gasteiger partial charge in [-0.3, -0.25) is 4.57 Å². The molecule has 112 valence electrons. The largest absolute Gasteiger partial charge is 0.378 e. The van der Waals surface area contributed by atoms with Gasteiger partial charge in [0.15, 0.2) is 0 Å². The highest BCUT2D eigenvalue weighted by Gasteiger charge is 2.26. The maximum Gasteiger partial charge on any atom is 0.241 e. The van der Waals surface area contributed by atoms with Crippen molar-refractivity contribution >= 4 is 11.9 Å². The van der Waals surface area contributed by atoms with Gasteiger partial charge in [-0.05, 0) is 12.8 Å². The minimum Gasteiger partial charge on any atom is -0.378 e. The van der Waals surface area contributed by atoms with E-state index in [4.69, 9.17) is 10.5 Å². The van der Waals surface area contributed by atoms with Gasteiger partial charge in [-0.15, -0.1) is 0 Å². The first-order chi connectivity index (χ1) is 10.3. The standard InChI is InChI=1S/C13H19N7O/c1-2-10-9(3-6-21-10)7-16-12-17-11(14)18-13(19-12)20-5-4-15-8-20/h4-5,8-10H,2-3,6-7H2,1H3,(H3,14,16,17,18,19). The van der Waals surface area contributed by atoms with Crippen molar-refractivity contribution in [3.63, 3.8) is 0 Å². The van der Waals surface area contributed by atoms with Gasteiger partial charge in [0.05, 0.1) is 6.10 Å². The van der Waals surface area contributed by atoms with Crippen LogP contribution < -0.4 is 11.1 Å². The number of imidazole rings is 1. The van der Waals surface area contributed by atoms with Crippen LogP contribution in [0.25, 0.3) is 5.95 Å². The molecule has 3 heterocycles. The molecular weight excluding hydrogens is 270 g/mol. The molecule has 0 amide bonds. The third-order valence-electron chi connectivity index (χ3n) is 3.65. The number of anilines is 2. The second-order valence-electron chi connectivity index (χ2n) is 5.03. The van der Waals surface area contributed by atoms with E-state index in [9.17, 15) is 0 Å². The Bertz CT molecular complexity index is 586. The molecule has 1 saturated heterocycles. The molecule has 2 atom stereocenters. The van der Waals surface area contributed by atoms with Crippen molar-refractivity contribution in [2.75, 3.05) is 24.2 Å². The summed E-state index contributed by atoms with van der Waals surface area (Å²) in [7, 11) is 0. The number of ether oxygens (including phenoxy) is 1. The normalized spacial score (nSPS) is 21.6. The van der Waals surface area contributed by atoms with Crippen LogP contribution in [0.5, 0.6) is 0 Å². The van der Waals surface area contributed by atoms with Crippen molar-refractivity contribution in [3.05, 3.63) is 18.7 Å². The van der Waals surface area contributed by atoms with E-state index in [1.165, 1.54) is 0 Å². The van der Waals surface area contributed by atoms with Gasteiger partial charge in [-0.1, -0.05) is 6.92 Å². The van der Waals surface area contributed by atoms with Crippen molar-refractivity contribution in [2.45, 2.75) is 25.9 Å². The predicted octanol–water partition coefficient (Wildman–Crippen LogP) is 0.866. The van der Waals surface area contributed by atoms with Crippen LogP contribution in [-0.4, -0.2) is 43.8 Å². The van der Waals surface area contributed by atoms with E-state index in [1.54, 1.807) is 23.3 Å². The molecule has 8 nitrogen and oxygen atoms in total. The molecule has 21 heavy (non-hydrogen) atoms. The van der Waals surface area contributed by atoms with E-state index < -0.39 is 0 Å². The average molecular weight is 289 g/mol. The molecule has 0 bridgehead atoms. The fraction of sp³-hybridized carbons (Fsp3) is 0.538. The maximum absolute atomic E-state index is 5.74. The Morgan fingerprint density at radius 3 is 3.10 bits per heavy atom. The molecule has 0 spiro atoms. The molecule has 1 aliphatic heterocycles. The first-order valence-electron chi connectivity index (χ1n) is 7.11. The third kappa shape index (κ3) is 3.10. The van der Waals surface area contributed by atoms with Crippen LogP contribution in [0.4, 0.5) is 11.9 Å². The molecule has 1 aliphatic rings. The van der Waals surface area contributed by atoms with Crippen LogP contribution in [0, 0.1) is 5.92 Å². The first kappa shape index (κ1) is 13.7. The van der Waals surface area contributed by atoms with Crippen LogP contribution in [0.3, 0.4) is 0 Å². The second-order valence-corrected chi connectivity index (χ2v) is 5.03. The Labute approximate surface area is 122 Å². The quantitative estimate of drug-likeness (QED) is 0.841. The van der Waals surface area contributed by atoms with Crippen molar-refractivity contribution in [3.8, 4) is 5.95 Å².